The summed E-state index contributed by atoms with van der Waals surface area (Å²) in [6, 6.07) is 44.3. The highest BCUT2D eigenvalue weighted by Crippen LogP contribution is 2.43. The van der Waals surface area contributed by atoms with Crippen molar-refractivity contribution in [3.63, 3.8) is 0 Å². The summed E-state index contributed by atoms with van der Waals surface area (Å²) >= 11 is 0. The molecule has 0 aromatic heterocycles. The molecule has 55 heavy (non-hydrogen) atoms. The lowest BCUT2D eigenvalue weighted by Crippen LogP contribution is -2.18. The van der Waals surface area contributed by atoms with E-state index in [1.165, 1.54) is 77.3 Å². The van der Waals surface area contributed by atoms with Gasteiger partial charge in [-0.1, -0.05) is 155 Å². The van der Waals surface area contributed by atoms with Crippen LogP contribution in [0.15, 0.2) is 186 Å². The van der Waals surface area contributed by atoms with E-state index in [-0.39, 0.29) is 6.04 Å². The highest BCUT2D eigenvalue weighted by Gasteiger charge is 2.24. The van der Waals surface area contributed by atoms with Gasteiger partial charge in [0.05, 0.1) is 11.7 Å². The van der Waals surface area contributed by atoms with Crippen LogP contribution in [0.1, 0.15) is 70.2 Å². The third-order valence-electron chi connectivity index (χ3n) is 10.7. The maximum Gasteiger partial charge on any atom is 0.0713 e. The number of nitrogens with zero attached hydrogens (tertiary/aromatic N) is 1. The molecule has 1 unspecified atom stereocenters. The summed E-state index contributed by atoms with van der Waals surface area (Å²) in [4.78, 5) is 2.42. The Hall–Kier alpha value is -6.12. The van der Waals surface area contributed by atoms with Gasteiger partial charge in [-0.25, -0.2) is 0 Å². The van der Waals surface area contributed by atoms with E-state index in [1.54, 1.807) is 0 Å². The topological polar surface area (TPSA) is 15.3 Å². The van der Waals surface area contributed by atoms with Crippen molar-refractivity contribution >= 4 is 44.7 Å². The molecule has 3 aliphatic carbocycles. The maximum atomic E-state index is 4.47. The zero-order chi connectivity index (χ0) is 38.5. The molecule has 0 saturated heterocycles. The number of hydrogen-bond donors (Lipinski definition) is 1. The summed E-state index contributed by atoms with van der Waals surface area (Å²) in [6.07, 6.45) is 15.6. The quantitative estimate of drug-likeness (QED) is 0.177. The molecule has 0 radical (unpaired) electrons. The fourth-order valence-electron chi connectivity index (χ4n) is 8.08. The van der Waals surface area contributed by atoms with Crippen LogP contribution in [-0.4, -0.2) is 0 Å². The van der Waals surface area contributed by atoms with E-state index in [0.29, 0.717) is 0 Å². The molecule has 2 nitrogen and oxygen atoms in total. The Morgan fingerprint density at radius 3 is 2.11 bits per heavy atom. The van der Waals surface area contributed by atoms with Gasteiger partial charge in [-0.05, 0) is 130 Å². The first-order valence-corrected chi connectivity index (χ1v) is 19.9. The first kappa shape index (κ1) is 37.2. The van der Waals surface area contributed by atoms with Crippen LogP contribution in [0.3, 0.4) is 0 Å². The monoisotopic (exact) mass is 716 g/mol. The van der Waals surface area contributed by atoms with Crippen molar-refractivity contribution in [1.82, 2.24) is 0 Å². The van der Waals surface area contributed by atoms with E-state index in [2.05, 4.69) is 188 Å². The zero-order valence-electron chi connectivity index (χ0n) is 33.2. The highest BCUT2D eigenvalue weighted by molar-refractivity contribution is 5.98. The summed E-state index contributed by atoms with van der Waals surface area (Å²) in [6.45, 7) is 16.9. The van der Waals surface area contributed by atoms with Crippen LogP contribution in [0.2, 0.25) is 0 Å². The average molecular weight is 717 g/mol. The minimum Gasteiger partial charge on any atom is -0.375 e. The Labute approximate surface area is 328 Å². The lowest BCUT2D eigenvalue weighted by molar-refractivity contribution is 1.01. The van der Waals surface area contributed by atoms with Crippen LogP contribution in [0.4, 0.5) is 17.1 Å². The summed E-state index contributed by atoms with van der Waals surface area (Å²) < 4.78 is 0. The second-order valence-corrected chi connectivity index (χ2v) is 14.0. The largest absolute Gasteiger partial charge is 0.375 e. The molecule has 274 valence electrons. The SMILES string of the molecule is C=C1CC=C(N(c2ccc(NC3C=Cc4cccc(-c5cc6ccccc6cc5C)c43)cc2)c2cccc3ccccc23)C=C1C1=C(C)CC=C1.CC.CC. The molecule has 1 atom stereocenters. The molecule has 0 aliphatic heterocycles. The maximum absolute atomic E-state index is 4.47. The number of aryl methyl sites for hydroxylation is 1. The zero-order valence-corrected chi connectivity index (χ0v) is 33.2. The molecule has 9 rings (SSSR count). The van der Waals surface area contributed by atoms with Gasteiger partial charge in [0.2, 0.25) is 0 Å². The first-order chi connectivity index (χ1) is 27.0. The average Bonchev–Trinajstić information content (AvgIpc) is 3.86. The van der Waals surface area contributed by atoms with Gasteiger partial charge in [0.15, 0.2) is 0 Å². The van der Waals surface area contributed by atoms with Crippen molar-refractivity contribution in [1.29, 1.82) is 0 Å². The third-order valence-corrected chi connectivity index (χ3v) is 10.7. The van der Waals surface area contributed by atoms with Gasteiger partial charge in [-0.2, -0.15) is 0 Å². The van der Waals surface area contributed by atoms with Gasteiger partial charge < -0.3 is 10.2 Å². The fraction of sp³-hybridized carbons (Fsp3) is 0.170. The highest BCUT2D eigenvalue weighted by atomic mass is 15.1. The molecule has 1 N–H and O–H groups in total. The second kappa shape index (κ2) is 16.5. The Morgan fingerprint density at radius 1 is 0.673 bits per heavy atom. The summed E-state index contributed by atoms with van der Waals surface area (Å²) in [5.41, 5.74) is 16.1. The molecule has 0 spiro atoms. The Bertz CT molecular complexity index is 2530. The normalized spacial score (nSPS) is 15.5. The predicted octanol–water partition coefficient (Wildman–Crippen LogP) is 15.4. The van der Waals surface area contributed by atoms with E-state index < -0.39 is 0 Å². The van der Waals surface area contributed by atoms with Crippen molar-refractivity contribution in [2.75, 3.05) is 10.2 Å². The van der Waals surface area contributed by atoms with Crippen LogP contribution in [-0.2, 0) is 0 Å². The number of rotatable bonds is 7. The van der Waals surface area contributed by atoms with E-state index in [0.717, 1.165) is 29.9 Å². The van der Waals surface area contributed by atoms with Crippen LogP contribution < -0.4 is 10.2 Å². The number of benzene rings is 6. The van der Waals surface area contributed by atoms with E-state index in [9.17, 15) is 0 Å². The van der Waals surface area contributed by atoms with Crippen molar-refractivity contribution < 1.29 is 0 Å². The van der Waals surface area contributed by atoms with Crippen molar-refractivity contribution in [2.45, 2.75) is 60.4 Å². The van der Waals surface area contributed by atoms with Gasteiger partial charge in [-0.15, -0.1) is 0 Å². The minimum atomic E-state index is 0.0654. The molecule has 3 aliphatic rings. The molecule has 0 amide bonds. The first-order valence-electron chi connectivity index (χ1n) is 19.9. The fourth-order valence-corrected chi connectivity index (χ4v) is 8.08. The Morgan fingerprint density at radius 2 is 1.36 bits per heavy atom. The second-order valence-electron chi connectivity index (χ2n) is 14.0. The van der Waals surface area contributed by atoms with Gasteiger partial charge in [0.1, 0.15) is 0 Å². The molecule has 0 fully saturated rings. The minimum absolute atomic E-state index is 0.0654. The molecule has 2 heteroatoms. The number of nitrogens with one attached hydrogen (secondary N) is 1. The summed E-state index contributed by atoms with van der Waals surface area (Å²) in [5, 5.41) is 8.87. The van der Waals surface area contributed by atoms with Crippen LogP contribution in [0.25, 0.3) is 38.7 Å². The van der Waals surface area contributed by atoms with Crippen LogP contribution in [0, 0.1) is 6.92 Å². The van der Waals surface area contributed by atoms with Gasteiger partial charge in [0.25, 0.3) is 0 Å². The van der Waals surface area contributed by atoms with Crippen LogP contribution >= 0.6 is 0 Å². The van der Waals surface area contributed by atoms with Gasteiger partial charge >= 0.3 is 0 Å². The van der Waals surface area contributed by atoms with Crippen LogP contribution in [0.5, 0.6) is 0 Å². The lowest BCUT2D eigenvalue weighted by atomic mass is 9.90. The molecule has 6 aromatic rings. The van der Waals surface area contributed by atoms with Gasteiger partial charge in [-0.3, -0.25) is 0 Å². The number of allylic oxidation sites excluding steroid dienone is 8. The smallest absolute Gasteiger partial charge is 0.0713 e. The number of fused-ring (bicyclic) bond motifs is 3. The van der Waals surface area contributed by atoms with Crippen molar-refractivity contribution in [2.24, 2.45) is 0 Å². The van der Waals surface area contributed by atoms with Gasteiger partial charge in [0, 0.05) is 22.5 Å². The molecular formula is C53H52N2. The lowest BCUT2D eigenvalue weighted by Gasteiger charge is -2.31. The van der Waals surface area contributed by atoms with E-state index in [1.807, 2.05) is 27.7 Å². The summed E-state index contributed by atoms with van der Waals surface area (Å²) in [5.74, 6) is 0. The molecular weight excluding hydrogens is 665 g/mol. The van der Waals surface area contributed by atoms with E-state index >= 15 is 0 Å². The standard InChI is InChI=1S/C49H40N2.2C2H6/c1-32-11-8-18-42(32)46-31-41(25-21-33(46)2)51(48-20-10-15-35-12-6-7-17-43(35)48)40-26-23-39(24-27-40)50-47-28-22-36-16-9-19-44(49(36)47)45-30-38-14-5-4-13-37(38)29-34(45)3;2*1-2/h4-10,12-20,22-31,47,50H,2,11,21H2,1,3H3;2*1-2H3. The third kappa shape index (κ3) is 7.25. The molecule has 0 bridgehead atoms. The van der Waals surface area contributed by atoms with E-state index in [4.69, 9.17) is 0 Å². The number of hydrogen-bond acceptors (Lipinski definition) is 2. The molecule has 6 aromatic carbocycles. The van der Waals surface area contributed by atoms with Crippen molar-refractivity contribution in [3.8, 4) is 11.1 Å². The molecule has 0 saturated carbocycles. The predicted molar refractivity (Wildman–Crippen MR) is 241 cm³/mol. The molecule has 0 heterocycles. The van der Waals surface area contributed by atoms with Crippen molar-refractivity contribution in [3.05, 3.63) is 203 Å². The Balaban J connectivity index is 0.00000113. The Kier molecular flexibility index (Phi) is 11.2. The summed E-state index contributed by atoms with van der Waals surface area (Å²) in [7, 11) is 0. The number of anilines is 3.